The maximum absolute atomic E-state index is 12.4. The summed E-state index contributed by atoms with van der Waals surface area (Å²) in [6, 6.07) is 17.3. The molecule has 3 rings (SSSR count). The van der Waals surface area contributed by atoms with Crippen LogP contribution in [0.15, 0.2) is 60.7 Å². The van der Waals surface area contributed by atoms with Gasteiger partial charge in [0.05, 0.1) is 34.5 Å². The van der Waals surface area contributed by atoms with Crippen LogP contribution in [0.25, 0.3) is 0 Å². The molecule has 0 fully saturated rings. The van der Waals surface area contributed by atoms with Gasteiger partial charge in [0.25, 0.3) is 0 Å². The van der Waals surface area contributed by atoms with Crippen LogP contribution in [-0.2, 0) is 34.2 Å². The molecule has 0 heterocycles. The number of aliphatic hydroxyl groups excluding tert-OH is 1. The smallest absolute Gasteiger partial charge is 0.229 e. The van der Waals surface area contributed by atoms with Crippen LogP contribution in [0.1, 0.15) is 35.3 Å². The van der Waals surface area contributed by atoms with E-state index >= 15 is 0 Å². The van der Waals surface area contributed by atoms with Crippen LogP contribution in [0, 0.1) is 0 Å². The van der Waals surface area contributed by atoms with Gasteiger partial charge in [-0.15, -0.1) is 0 Å². The molecule has 0 bridgehead atoms. The molecule has 0 saturated heterocycles. The molecule has 0 radical (unpaired) electrons. The Kier molecular flexibility index (Phi) is 10.4. The zero-order valence-electron chi connectivity index (χ0n) is 21.0. The van der Waals surface area contributed by atoms with Gasteiger partial charge >= 0.3 is 0 Å². The molecule has 2 atom stereocenters. The van der Waals surface area contributed by atoms with E-state index in [-0.39, 0.29) is 36.4 Å². The molecule has 0 aliphatic carbocycles. The Hall–Kier alpha value is -2.82. The van der Waals surface area contributed by atoms with E-state index in [4.69, 9.17) is 23.2 Å². The van der Waals surface area contributed by atoms with Crippen LogP contribution < -0.4 is 15.4 Å². The SMILES string of the molecule is C[C@H](Cc1cccc(CC(=O)NCc2ccc(Cl)c(Cl)c2)c1)NC[C@H](O)c1ccc(O)c(NS(C)(=O)=O)c1. The molecule has 5 N–H and O–H groups in total. The molecular formula is C27H31Cl2N3O5S. The number of carbonyl (C=O) groups excluding carboxylic acids is 1. The molecule has 0 aliphatic rings. The Bertz CT molecular complexity index is 1380. The van der Waals surface area contributed by atoms with Crippen LogP contribution in [0.2, 0.25) is 10.0 Å². The first-order valence-electron chi connectivity index (χ1n) is 11.9. The Morgan fingerprint density at radius 3 is 2.42 bits per heavy atom. The van der Waals surface area contributed by atoms with Gasteiger partial charge in [-0.1, -0.05) is 59.6 Å². The van der Waals surface area contributed by atoms with Crippen molar-refractivity contribution >= 4 is 44.8 Å². The number of aliphatic hydroxyl groups is 1. The van der Waals surface area contributed by atoms with Crippen LogP contribution >= 0.6 is 23.2 Å². The lowest BCUT2D eigenvalue weighted by Gasteiger charge is -2.19. The zero-order chi connectivity index (χ0) is 27.9. The number of carbonyl (C=O) groups is 1. The fourth-order valence-electron chi connectivity index (χ4n) is 3.86. The van der Waals surface area contributed by atoms with Gasteiger partial charge < -0.3 is 20.8 Å². The number of nitrogens with one attached hydrogen (secondary N) is 3. The van der Waals surface area contributed by atoms with E-state index in [0.717, 1.165) is 22.9 Å². The van der Waals surface area contributed by atoms with Gasteiger partial charge in [0, 0.05) is 19.1 Å². The van der Waals surface area contributed by atoms with Crippen molar-refractivity contribution < 1.29 is 23.4 Å². The topological polar surface area (TPSA) is 128 Å². The highest BCUT2D eigenvalue weighted by Gasteiger charge is 2.14. The highest BCUT2D eigenvalue weighted by Crippen LogP contribution is 2.28. The van der Waals surface area contributed by atoms with Gasteiger partial charge in [0.15, 0.2) is 0 Å². The number of rotatable bonds is 12. The summed E-state index contributed by atoms with van der Waals surface area (Å²) in [5.74, 6) is -0.336. The Labute approximate surface area is 233 Å². The standard InChI is InChI=1S/C27H31Cl2N3O5S/c1-17(30-16-26(34)21-7-9-25(33)24(14-21)32-38(2,36)37)10-18-4-3-5-19(11-18)13-27(35)31-15-20-6-8-22(28)23(29)12-20/h3-9,11-12,14,17,26,30,32-34H,10,13,15-16H2,1-2H3,(H,31,35)/t17-,26+/m1/s1. The molecule has 204 valence electrons. The Morgan fingerprint density at radius 1 is 0.974 bits per heavy atom. The van der Waals surface area contributed by atoms with E-state index in [1.807, 2.05) is 37.3 Å². The van der Waals surface area contributed by atoms with Crippen LogP contribution in [0.3, 0.4) is 0 Å². The predicted octanol–water partition coefficient (Wildman–Crippen LogP) is 4.18. The van der Waals surface area contributed by atoms with Gasteiger partial charge in [-0.3, -0.25) is 9.52 Å². The molecule has 0 saturated carbocycles. The van der Waals surface area contributed by atoms with E-state index < -0.39 is 16.1 Å². The summed E-state index contributed by atoms with van der Waals surface area (Å²) < 4.78 is 25.2. The highest BCUT2D eigenvalue weighted by molar-refractivity contribution is 7.92. The lowest BCUT2D eigenvalue weighted by atomic mass is 10.0. The third-order valence-electron chi connectivity index (χ3n) is 5.73. The van der Waals surface area contributed by atoms with Crippen LogP contribution in [0.5, 0.6) is 5.75 Å². The summed E-state index contributed by atoms with van der Waals surface area (Å²) in [5.41, 5.74) is 3.26. The van der Waals surface area contributed by atoms with Crippen molar-refractivity contribution in [2.75, 3.05) is 17.5 Å². The third kappa shape index (κ3) is 9.49. The Balaban J connectivity index is 1.50. The predicted molar refractivity (Wildman–Crippen MR) is 151 cm³/mol. The van der Waals surface area contributed by atoms with Gasteiger partial charge in [0.2, 0.25) is 15.9 Å². The van der Waals surface area contributed by atoms with Crippen LogP contribution in [0.4, 0.5) is 5.69 Å². The first-order valence-corrected chi connectivity index (χ1v) is 14.5. The second kappa shape index (κ2) is 13.3. The summed E-state index contributed by atoms with van der Waals surface area (Å²) in [5, 5.41) is 27.5. The molecule has 1 amide bonds. The van der Waals surface area contributed by atoms with Crippen molar-refractivity contribution in [2.24, 2.45) is 0 Å². The van der Waals surface area contributed by atoms with Crippen molar-refractivity contribution in [3.05, 3.63) is 93.0 Å². The van der Waals surface area contributed by atoms with Gasteiger partial charge in [0.1, 0.15) is 5.75 Å². The fraction of sp³-hybridized carbons (Fsp3) is 0.296. The van der Waals surface area contributed by atoms with Gasteiger partial charge in [-0.05, 0) is 59.9 Å². The fourth-order valence-corrected chi connectivity index (χ4v) is 4.75. The zero-order valence-corrected chi connectivity index (χ0v) is 23.4. The monoisotopic (exact) mass is 579 g/mol. The van der Waals surface area contributed by atoms with E-state index in [2.05, 4.69) is 15.4 Å². The van der Waals surface area contributed by atoms with Gasteiger partial charge in [-0.2, -0.15) is 0 Å². The number of benzene rings is 3. The lowest BCUT2D eigenvalue weighted by Crippen LogP contribution is -2.32. The average Bonchev–Trinajstić information content (AvgIpc) is 2.84. The number of amides is 1. The van der Waals surface area contributed by atoms with Crippen molar-refractivity contribution in [2.45, 2.75) is 38.5 Å². The van der Waals surface area contributed by atoms with E-state index in [1.165, 1.54) is 18.2 Å². The Morgan fingerprint density at radius 2 is 1.71 bits per heavy atom. The van der Waals surface area contributed by atoms with Crippen LogP contribution in [-0.4, -0.2) is 43.4 Å². The largest absolute Gasteiger partial charge is 0.506 e. The summed E-state index contributed by atoms with van der Waals surface area (Å²) in [7, 11) is -3.57. The summed E-state index contributed by atoms with van der Waals surface area (Å²) in [6.45, 7) is 2.56. The molecule has 11 heteroatoms. The molecular weight excluding hydrogens is 549 g/mol. The second-order valence-electron chi connectivity index (χ2n) is 9.20. The normalized spacial score (nSPS) is 13.1. The number of phenolic OH excluding ortho intramolecular Hbond substituents is 1. The van der Waals surface area contributed by atoms with E-state index in [0.29, 0.717) is 28.6 Å². The lowest BCUT2D eigenvalue weighted by molar-refractivity contribution is -0.120. The van der Waals surface area contributed by atoms with Crippen molar-refractivity contribution in [3.63, 3.8) is 0 Å². The molecule has 38 heavy (non-hydrogen) atoms. The van der Waals surface area contributed by atoms with E-state index in [9.17, 15) is 23.4 Å². The maximum Gasteiger partial charge on any atom is 0.229 e. The number of aromatic hydroxyl groups is 1. The first-order chi connectivity index (χ1) is 17.9. The number of anilines is 1. The number of hydrogen-bond acceptors (Lipinski definition) is 6. The number of halogens is 2. The first kappa shape index (κ1) is 29.7. The molecule has 0 aromatic heterocycles. The number of sulfonamides is 1. The molecule has 0 unspecified atom stereocenters. The van der Waals surface area contributed by atoms with Crippen molar-refractivity contribution in [1.29, 1.82) is 0 Å². The third-order valence-corrected chi connectivity index (χ3v) is 7.06. The summed E-state index contributed by atoms with van der Waals surface area (Å²) >= 11 is 12.0. The minimum atomic E-state index is -3.57. The van der Waals surface area contributed by atoms with Gasteiger partial charge in [-0.25, -0.2) is 8.42 Å². The molecule has 3 aromatic rings. The molecule has 3 aromatic carbocycles. The molecule has 0 spiro atoms. The quantitative estimate of drug-likeness (QED) is 0.205. The molecule has 0 aliphatic heterocycles. The minimum absolute atomic E-state index is 0.00843. The number of hydrogen-bond donors (Lipinski definition) is 5. The van der Waals surface area contributed by atoms with E-state index in [1.54, 1.807) is 12.1 Å². The highest BCUT2D eigenvalue weighted by atomic mass is 35.5. The molecule has 8 nitrogen and oxygen atoms in total. The van der Waals surface area contributed by atoms with Crippen molar-refractivity contribution in [3.8, 4) is 5.75 Å². The second-order valence-corrected chi connectivity index (χ2v) is 11.8. The summed E-state index contributed by atoms with van der Waals surface area (Å²) in [6.07, 6.45) is 0.976. The van der Waals surface area contributed by atoms with Crippen molar-refractivity contribution in [1.82, 2.24) is 10.6 Å². The minimum Gasteiger partial charge on any atom is -0.506 e. The number of phenols is 1. The summed E-state index contributed by atoms with van der Waals surface area (Å²) in [4.78, 5) is 12.4. The maximum atomic E-state index is 12.4. The average molecular weight is 581 g/mol.